The van der Waals surface area contributed by atoms with E-state index in [1.165, 1.54) is 11.3 Å². The van der Waals surface area contributed by atoms with E-state index in [1.54, 1.807) is 29.9 Å². The molecule has 26 heavy (non-hydrogen) atoms. The molecule has 0 aliphatic heterocycles. The van der Waals surface area contributed by atoms with Crippen molar-refractivity contribution < 1.29 is 0 Å². The van der Waals surface area contributed by atoms with Crippen LogP contribution in [0, 0.1) is 0 Å². The van der Waals surface area contributed by atoms with Crippen molar-refractivity contribution >= 4 is 32.8 Å². The van der Waals surface area contributed by atoms with Crippen molar-refractivity contribution in [2.24, 2.45) is 0 Å². The van der Waals surface area contributed by atoms with Crippen molar-refractivity contribution in [3.05, 3.63) is 66.4 Å². The number of nitrogens with zero attached hydrogens (tertiary/aromatic N) is 5. The second-order valence-corrected chi connectivity index (χ2v) is 7.46. The molecule has 5 aromatic rings. The molecule has 0 atom stereocenters. The fraction of sp³-hybridized carbons (Fsp3) is 0. The van der Waals surface area contributed by atoms with Gasteiger partial charge in [0.15, 0.2) is 5.01 Å². The molecule has 0 unspecified atom stereocenters. The topological polar surface area (TPSA) is 64.5 Å². The number of fused-ring (bicyclic) bond motifs is 1. The van der Waals surface area contributed by atoms with Gasteiger partial charge in [-0.1, -0.05) is 17.4 Å². The highest BCUT2D eigenvalue weighted by molar-refractivity contribution is 7.18. The van der Waals surface area contributed by atoms with Crippen molar-refractivity contribution in [2.75, 3.05) is 0 Å². The summed E-state index contributed by atoms with van der Waals surface area (Å²) in [6.07, 6.45) is 5.32. The Morgan fingerprint density at radius 2 is 1.81 bits per heavy atom. The summed E-state index contributed by atoms with van der Waals surface area (Å²) in [4.78, 5) is 13.5. The Balaban J connectivity index is 1.65. The van der Waals surface area contributed by atoms with Gasteiger partial charge in [-0.3, -0.25) is 9.97 Å². The predicted octanol–water partition coefficient (Wildman–Crippen LogP) is 4.94. The molecule has 0 radical (unpaired) electrons. The van der Waals surface area contributed by atoms with E-state index in [0.29, 0.717) is 0 Å². The third kappa shape index (κ3) is 2.67. The van der Waals surface area contributed by atoms with Gasteiger partial charge < -0.3 is 0 Å². The summed E-state index contributed by atoms with van der Waals surface area (Å²) in [7, 11) is 0. The lowest BCUT2D eigenvalue weighted by molar-refractivity contribution is 1.09. The van der Waals surface area contributed by atoms with Gasteiger partial charge in [0.05, 0.1) is 10.4 Å². The zero-order valence-corrected chi connectivity index (χ0v) is 15.0. The average Bonchev–Trinajstić information content (AvgIpc) is 3.38. The molecule has 0 spiro atoms. The molecule has 0 aromatic carbocycles. The zero-order chi connectivity index (χ0) is 17.3. The van der Waals surface area contributed by atoms with Crippen LogP contribution in [0.3, 0.4) is 0 Å². The van der Waals surface area contributed by atoms with Gasteiger partial charge in [-0.2, -0.15) is 0 Å². The molecule has 0 aliphatic carbocycles. The molecule has 0 fully saturated rings. The first-order valence-electron chi connectivity index (χ1n) is 7.92. The monoisotopic (exact) mass is 373 g/mol. The molecule has 0 amide bonds. The molecular formula is C19H11N5S2. The van der Waals surface area contributed by atoms with E-state index in [1.807, 2.05) is 30.3 Å². The minimum Gasteiger partial charge on any atom is -0.264 e. The lowest BCUT2D eigenvalue weighted by Gasteiger charge is -2.04. The molecule has 5 heterocycles. The van der Waals surface area contributed by atoms with Crippen LogP contribution >= 0.6 is 22.7 Å². The van der Waals surface area contributed by atoms with Gasteiger partial charge in [0.1, 0.15) is 16.4 Å². The van der Waals surface area contributed by atoms with Gasteiger partial charge in [-0.25, -0.2) is 4.98 Å². The third-order valence-electron chi connectivity index (χ3n) is 3.90. The lowest BCUT2D eigenvalue weighted by atomic mass is 10.2. The highest BCUT2D eigenvalue weighted by atomic mass is 32.1. The maximum atomic E-state index is 4.86. The Labute approximate surface area is 157 Å². The standard InChI is InChI=1S/C19H11N5S2/c1-2-8-21-14(5-1)16-17-12(6-9-25-17)10-15(22-16)19-24-23-18(26-19)13-4-3-7-20-11-13/h1-11H. The van der Waals surface area contributed by atoms with Gasteiger partial charge >= 0.3 is 0 Å². The third-order valence-corrected chi connectivity index (χ3v) is 5.83. The summed E-state index contributed by atoms with van der Waals surface area (Å²) < 4.78 is 1.13. The summed E-state index contributed by atoms with van der Waals surface area (Å²) >= 11 is 3.18. The van der Waals surface area contributed by atoms with Crippen molar-refractivity contribution in [3.63, 3.8) is 0 Å². The summed E-state index contributed by atoms with van der Waals surface area (Å²) in [6, 6.07) is 13.9. The van der Waals surface area contributed by atoms with Crippen LogP contribution in [0.25, 0.3) is 42.7 Å². The normalized spacial score (nSPS) is 11.1. The molecule has 5 nitrogen and oxygen atoms in total. The second-order valence-electron chi connectivity index (χ2n) is 5.56. The first kappa shape index (κ1) is 15.2. The van der Waals surface area contributed by atoms with Crippen LogP contribution in [-0.4, -0.2) is 25.1 Å². The fourth-order valence-corrected chi connectivity index (χ4v) is 4.36. The number of hydrogen-bond donors (Lipinski definition) is 0. The van der Waals surface area contributed by atoms with E-state index in [-0.39, 0.29) is 0 Å². The Morgan fingerprint density at radius 1 is 0.846 bits per heavy atom. The molecule has 124 valence electrons. The molecule has 5 rings (SSSR count). The van der Waals surface area contributed by atoms with Gasteiger partial charge in [0.2, 0.25) is 0 Å². The number of rotatable bonds is 3. The molecule has 0 aliphatic rings. The van der Waals surface area contributed by atoms with Crippen LogP contribution < -0.4 is 0 Å². The zero-order valence-electron chi connectivity index (χ0n) is 13.4. The molecule has 7 heteroatoms. The smallest absolute Gasteiger partial charge is 0.166 e. The second kappa shape index (κ2) is 6.36. The molecule has 0 N–H and O–H groups in total. The van der Waals surface area contributed by atoms with E-state index in [9.17, 15) is 0 Å². The average molecular weight is 373 g/mol. The quantitative estimate of drug-likeness (QED) is 0.448. The molecule has 5 aromatic heterocycles. The molecule has 0 saturated heterocycles. The minimum absolute atomic E-state index is 0.786. The number of thiophene rings is 1. The van der Waals surface area contributed by atoms with Crippen molar-refractivity contribution in [1.82, 2.24) is 25.1 Å². The van der Waals surface area contributed by atoms with E-state index in [2.05, 4.69) is 37.7 Å². The van der Waals surface area contributed by atoms with Crippen LogP contribution in [-0.2, 0) is 0 Å². The van der Waals surface area contributed by atoms with Crippen LogP contribution in [0.4, 0.5) is 0 Å². The van der Waals surface area contributed by atoms with Crippen LogP contribution in [0.2, 0.25) is 0 Å². The van der Waals surface area contributed by atoms with Gasteiger partial charge in [-0.15, -0.1) is 21.5 Å². The largest absolute Gasteiger partial charge is 0.264 e. The number of aromatic nitrogens is 5. The van der Waals surface area contributed by atoms with Crippen molar-refractivity contribution in [1.29, 1.82) is 0 Å². The Morgan fingerprint density at radius 3 is 2.65 bits per heavy atom. The Kier molecular flexibility index (Phi) is 3.73. The van der Waals surface area contributed by atoms with Crippen LogP contribution in [0.1, 0.15) is 0 Å². The SMILES string of the molecule is c1ccc(-c2nc(-c3nnc(-c4cccnc4)s3)cc3ccsc23)nc1. The summed E-state index contributed by atoms with van der Waals surface area (Å²) in [6.45, 7) is 0. The Hall–Kier alpha value is -3.03. The van der Waals surface area contributed by atoms with E-state index < -0.39 is 0 Å². The number of pyridine rings is 3. The van der Waals surface area contributed by atoms with Gasteiger partial charge in [0, 0.05) is 24.2 Å². The molecule has 0 saturated carbocycles. The summed E-state index contributed by atoms with van der Waals surface area (Å²) in [5, 5.41) is 13.5. The highest BCUT2D eigenvalue weighted by Gasteiger charge is 2.15. The number of hydrogen-bond acceptors (Lipinski definition) is 7. The summed E-state index contributed by atoms with van der Waals surface area (Å²) in [5.41, 5.74) is 3.51. The maximum absolute atomic E-state index is 4.86. The van der Waals surface area contributed by atoms with Crippen LogP contribution in [0.15, 0.2) is 66.4 Å². The van der Waals surface area contributed by atoms with Crippen molar-refractivity contribution in [2.45, 2.75) is 0 Å². The summed E-state index contributed by atoms with van der Waals surface area (Å²) in [5.74, 6) is 0. The van der Waals surface area contributed by atoms with Gasteiger partial charge in [-0.05, 0) is 47.2 Å². The van der Waals surface area contributed by atoms with E-state index in [4.69, 9.17) is 4.98 Å². The minimum atomic E-state index is 0.786. The van der Waals surface area contributed by atoms with Crippen molar-refractivity contribution in [3.8, 4) is 32.7 Å². The molecule has 0 bridgehead atoms. The van der Waals surface area contributed by atoms with E-state index >= 15 is 0 Å². The predicted molar refractivity (Wildman–Crippen MR) is 105 cm³/mol. The first-order valence-corrected chi connectivity index (χ1v) is 9.62. The fourth-order valence-electron chi connectivity index (χ4n) is 2.69. The molecular weight excluding hydrogens is 362 g/mol. The van der Waals surface area contributed by atoms with Crippen LogP contribution in [0.5, 0.6) is 0 Å². The lowest BCUT2D eigenvalue weighted by Crippen LogP contribution is -1.90. The van der Waals surface area contributed by atoms with E-state index in [0.717, 1.165) is 42.7 Å². The highest BCUT2D eigenvalue weighted by Crippen LogP contribution is 2.35. The Bertz CT molecular complexity index is 1180. The first-order chi connectivity index (χ1) is 12.9. The van der Waals surface area contributed by atoms with Gasteiger partial charge in [0.25, 0.3) is 0 Å². The maximum Gasteiger partial charge on any atom is 0.166 e.